The van der Waals surface area contributed by atoms with Crippen LogP contribution in [-0.2, 0) is 15.7 Å². The first kappa shape index (κ1) is 27.3. The maximum Gasteiger partial charge on any atom is 0.419 e. The molecule has 1 saturated heterocycles. The van der Waals surface area contributed by atoms with Crippen molar-refractivity contribution in [1.29, 1.82) is 0 Å². The zero-order valence-electron chi connectivity index (χ0n) is 20.9. The van der Waals surface area contributed by atoms with Crippen molar-refractivity contribution in [2.75, 3.05) is 39.2 Å². The number of aromatic nitrogens is 2. The highest BCUT2D eigenvalue weighted by Crippen LogP contribution is 2.38. The number of hydrogen-bond acceptors (Lipinski definition) is 7. The number of anilines is 1. The third-order valence-corrected chi connectivity index (χ3v) is 6.05. The first-order valence-corrected chi connectivity index (χ1v) is 11.5. The Balaban J connectivity index is 1.67. The molecular weight excluding hydrogens is 515 g/mol. The zero-order chi connectivity index (χ0) is 27.8. The van der Waals surface area contributed by atoms with E-state index in [4.69, 9.17) is 14.2 Å². The van der Waals surface area contributed by atoms with Gasteiger partial charge >= 0.3 is 6.18 Å². The SMILES string of the molecule is COc1cc2nc(C)nc(N[C@H](C)c3cc(F)cc(C(F)(F)F)c3F)c2cc1OC[C@@H]1CN(C)C(=O)CO1. The standard InChI is InChI=1S/C25H25F5N4O4/c1-12(16-5-14(26)6-18(23(16)27)25(28,29)30)31-24-17-7-21(20(36-4)8-19(17)32-13(2)33-24)38-10-15-9-34(3)22(35)11-37-15/h5-8,12,15H,9-11H2,1-4H3,(H,31,32,33)/t12-,15+/m1/s1. The van der Waals surface area contributed by atoms with Crippen molar-refractivity contribution in [3.05, 3.63) is 52.9 Å². The monoisotopic (exact) mass is 540 g/mol. The van der Waals surface area contributed by atoms with Crippen molar-refractivity contribution in [3.63, 3.8) is 0 Å². The minimum absolute atomic E-state index is 0.0643. The zero-order valence-corrected chi connectivity index (χ0v) is 20.9. The predicted octanol–water partition coefficient (Wildman–Crippen LogP) is 4.65. The van der Waals surface area contributed by atoms with E-state index in [0.717, 1.165) is 0 Å². The van der Waals surface area contributed by atoms with Gasteiger partial charge in [0.05, 0.1) is 24.2 Å². The Kier molecular flexibility index (Phi) is 7.58. The van der Waals surface area contributed by atoms with E-state index in [0.29, 0.717) is 40.8 Å². The lowest BCUT2D eigenvalue weighted by atomic mass is 10.0. The Bertz CT molecular complexity index is 1370. The number of alkyl halides is 3. The van der Waals surface area contributed by atoms with E-state index >= 15 is 0 Å². The number of likely N-dealkylation sites (N-methyl/N-ethyl adjacent to an activating group) is 1. The van der Waals surface area contributed by atoms with Crippen molar-refractivity contribution >= 4 is 22.6 Å². The number of carbonyl (C=O) groups excluding carboxylic acids is 1. The lowest BCUT2D eigenvalue weighted by molar-refractivity contribution is -0.148. The van der Waals surface area contributed by atoms with E-state index < -0.39 is 35.0 Å². The molecule has 38 heavy (non-hydrogen) atoms. The van der Waals surface area contributed by atoms with Gasteiger partial charge in [-0.05, 0) is 32.0 Å². The molecule has 0 bridgehead atoms. The fraction of sp³-hybridized carbons (Fsp3) is 0.400. The Morgan fingerprint density at radius 3 is 2.58 bits per heavy atom. The third-order valence-electron chi connectivity index (χ3n) is 6.05. The van der Waals surface area contributed by atoms with Gasteiger partial charge in [-0.3, -0.25) is 4.79 Å². The molecule has 1 N–H and O–H groups in total. The van der Waals surface area contributed by atoms with Crippen LogP contribution in [-0.4, -0.2) is 60.8 Å². The number of ether oxygens (including phenoxy) is 3. The number of fused-ring (bicyclic) bond motifs is 1. The summed E-state index contributed by atoms with van der Waals surface area (Å²) in [5.41, 5.74) is -1.78. The number of benzene rings is 2. The molecule has 204 valence electrons. The van der Waals surface area contributed by atoms with Crippen LogP contribution in [0.4, 0.5) is 27.8 Å². The molecule has 2 aromatic carbocycles. The van der Waals surface area contributed by atoms with Crippen molar-refractivity contribution in [1.82, 2.24) is 14.9 Å². The quantitative estimate of drug-likeness (QED) is 0.437. The molecule has 1 aliphatic rings. The summed E-state index contributed by atoms with van der Waals surface area (Å²) in [5, 5.41) is 3.28. The summed E-state index contributed by atoms with van der Waals surface area (Å²) < 4.78 is 85.3. The molecule has 2 atom stereocenters. The summed E-state index contributed by atoms with van der Waals surface area (Å²) in [7, 11) is 3.10. The summed E-state index contributed by atoms with van der Waals surface area (Å²) in [6.45, 7) is 3.36. The molecule has 2 heterocycles. The van der Waals surface area contributed by atoms with E-state index in [1.807, 2.05) is 0 Å². The first-order valence-electron chi connectivity index (χ1n) is 11.5. The van der Waals surface area contributed by atoms with Gasteiger partial charge in [0.2, 0.25) is 5.91 Å². The van der Waals surface area contributed by atoms with Gasteiger partial charge in [0.15, 0.2) is 11.5 Å². The number of rotatable bonds is 7. The fourth-order valence-electron chi connectivity index (χ4n) is 4.09. The van der Waals surface area contributed by atoms with Crippen LogP contribution < -0.4 is 14.8 Å². The van der Waals surface area contributed by atoms with Crippen LogP contribution in [0, 0.1) is 18.6 Å². The van der Waals surface area contributed by atoms with E-state index in [-0.39, 0.29) is 37.1 Å². The minimum Gasteiger partial charge on any atom is -0.493 e. The van der Waals surface area contributed by atoms with Crippen LogP contribution in [0.15, 0.2) is 24.3 Å². The van der Waals surface area contributed by atoms with Gasteiger partial charge in [-0.15, -0.1) is 0 Å². The largest absolute Gasteiger partial charge is 0.493 e. The molecule has 1 fully saturated rings. The second-order valence-corrected chi connectivity index (χ2v) is 8.88. The van der Waals surface area contributed by atoms with Crippen molar-refractivity contribution < 1.29 is 41.0 Å². The molecule has 0 spiro atoms. The van der Waals surface area contributed by atoms with Gasteiger partial charge < -0.3 is 24.4 Å². The molecule has 0 saturated carbocycles. The minimum atomic E-state index is -5.06. The normalized spacial score (nSPS) is 17.0. The lowest BCUT2D eigenvalue weighted by Crippen LogP contribution is -2.46. The van der Waals surface area contributed by atoms with E-state index in [1.54, 1.807) is 26.1 Å². The molecule has 1 amide bonds. The van der Waals surface area contributed by atoms with Gasteiger partial charge in [0.25, 0.3) is 0 Å². The topological polar surface area (TPSA) is 85.8 Å². The number of hydrogen-bond donors (Lipinski definition) is 1. The summed E-state index contributed by atoms with van der Waals surface area (Å²) in [6.07, 6.45) is -5.45. The molecule has 1 aromatic heterocycles. The molecular formula is C25H25F5N4O4. The van der Waals surface area contributed by atoms with Crippen LogP contribution in [0.5, 0.6) is 11.5 Å². The molecule has 0 radical (unpaired) electrons. The second kappa shape index (κ2) is 10.6. The number of nitrogens with zero attached hydrogens (tertiary/aromatic N) is 3. The molecule has 4 rings (SSSR count). The van der Waals surface area contributed by atoms with Crippen LogP contribution >= 0.6 is 0 Å². The van der Waals surface area contributed by atoms with Crippen molar-refractivity contribution in [2.45, 2.75) is 32.2 Å². The number of aryl methyl sites for hydroxylation is 1. The molecule has 13 heteroatoms. The Morgan fingerprint density at radius 2 is 1.92 bits per heavy atom. The molecule has 8 nitrogen and oxygen atoms in total. The Labute approximate surface area is 214 Å². The summed E-state index contributed by atoms with van der Waals surface area (Å²) in [5.74, 6) is -1.80. The highest BCUT2D eigenvalue weighted by Gasteiger charge is 2.36. The number of amides is 1. The average Bonchev–Trinajstić information content (AvgIpc) is 2.84. The Morgan fingerprint density at radius 1 is 1.18 bits per heavy atom. The smallest absolute Gasteiger partial charge is 0.419 e. The summed E-state index contributed by atoms with van der Waals surface area (Å²) >= 11 is 0. The van der Waals surface area contributed by atoms with Gasteiger partial charge in [0, 0.05) is 30.6 Å². The van der Waals surface area contributed by atoms with Crippen LogP contribution in [0.3, 0.4) is 0 Å². The van der Waals surface area contributed by atoms with E-state index in [1.165, 1.54) is 18.9 Å². The maximum atomic E-state index is 14.8. The number of carbonyl (C=O) groups is 1. The average molecular weight is 540 g/mol. The molecule has 0 aliphatic carbocycles. The van der Waals surface area contributed by atoms with Crippen LogP contribution in [0.1, 0.15) is 29.9 Å². The lowest BCUT2D eigenvalue weighted by Gasteiger charge is -2.29. The maximum absolute atomic E-state index is 14.8. The number of nitrogens with one attached hydrogen (secondary N) is 1. The number of halogens is 5. The van der Waals surface area contributed by atoms with Crippen molar-refractivity contribution in [2.24, 2.45) is 0 Å². The number of morpholine rings is 1. The predicted molar refractivity (Wildman–Crippen MR) is 127 cm³/mol. The first-order chi connectivity index (χ1) is 17.9. The highest BCUT2D eigenvalue weighted by molar-refractivity contribution is 5.92. The fourth-order valence-corrected chi connectivity index (χ4v) is 4.09. The molecule has 3 aromatic rings. The Hall–Kier alpha value is -3.74. The van der Waals surface area contributed by atoms with Crippen LogP contribution in [0.2, 0.25) is 0 Å². The van der Waals surface area contributed by atoms with E-state index in [2.05, 4.69) is 15.3 Å². The molecule has 0 unspecified atom stereocenters. The second-order valence-electron chi connectivity index (χ2n) is 8.88. The third kappa shape index (κ3) is 5.72. The van der Waals surface area contributed by atoms with Gasteiger partial charge in [-0.25, -0.2) is 18.7 Å². The van der Waals surface area contributed by atoms with Crippen molar-refractivity contribution in [3.8, 4) is 11.5 Å². The highest BCUT2D eigenvalue weighted by atomic mass is 19.4. The van der Waals surface area contributed by atoms with E-state index in [9.17, 15) is 26.7 Å². The van der Waals surface area contributed by atoms with Crippen LogP contribution in [0.25, 0.3) is 10.9 Å². The van der Waals surface area contributed by atoms with Gasteiger partial charge in [-0.2, -0.15) is 13.2 Å². The van der Waals surface area contributed by atoms with Gasteiger partial charge in [0.1, 0.15) is 42.6 Å². The number of methoxy groups -OCH3 is 1. The summed E-state index contributed by atoms with van der Waals surface area (Å²) in [4.78, 5) is 21.9. The van der Waals surface area contributed by atoms with Gasteiger partial charge in [-0.1, -0.05) is 0 Å². The summed E-state index contributed by atoms with van der Waals surface area (Å²) in [6, 6.07) is 2.90. The molecule has 1 aliphatic heterocycles.